The summed E-state index contributed by atoms with van der Waals surface area (Å²) >= 11 is 0. The number of ether oxygens (including phenoxy) is 1. The monoisotopic (exact) mass is 421 g/mol. The number of benzene rings is 1. The van der Waals surface area contributed by atoms with Crippen molar-refractivity contribution in [2.24, 2.45) is 0 Å². The molecular weight excluding hydrogens is 401 g/mol. The number of aromatic nitrogens is 4. The molecule has 1 aliphatic heterocycles. The van der Waals surface area contributed by atoms with Crippen LogP contribution in [0.1, 0.15) is 0 Å². The number of morpholine rings is 1. The van der Waals surface area contributed by atoms with Crippen molar-refractivity contribution < 1.29 is 14.2 Å². The van der Waals surface area contributed by atoms with Crippen molar-refractivity contribution in [3.63, 3.8) is 0 Å². The van der Waals surface area contributed by atoms with E-state index in [0.717, 1.165) is 17.4 Å². The minimum absolute atomic E-state index is 0.182. The van der Waals surface area contributed by atoms with Crippen LogP contribution >= 0.6 is 0 Å². The van der Waals surface area contributed by atoms with Crippen LogP contribution < -0.4 is 15.5 Å². The number of nitrogens with zero attached hydrogens (tertiary/aromatic N) is 5. The second-order valence-corrected chi connectivity index (χ2v) is 7.09. The number of phenolic OH excluding ortho intramolecular Hbond substituents is 1. The zero-order valence-electron chi connectivity index (χ0n) is 16.5. The first-order chi connectivity index (χ1) is 15.1. The van der Waals surface area contributed by atoms with E-state index in [4.69, 9.17) is 4.74 Å². The number of rotatable bonds is 5. The highest BCUT2D eigenvalue weighted by atomic mass is 19.1. The van der Waals surface area contributed by atoms with Crippen LogP contribution in [-0.4, -0.2) is 50.8 Å². The molecule has 10 heteroatoms. The second-order valence-electron chi connectivity index (χ2n) is 7.09. The molecule has 3 N–H and O–H groups in total. The first-order valence-electron chi connectivity index (χ1n) is 9.80. The number of imidazole rings is 1. The van der Waals surface area contributed by atoms with E-state index in [1.807, 2.05) is 35.0 Å². The normalized spacial score (nSPS) is 14.0. The molecule has 0 spiro atoms. The predicted molar refractivity (Wildman–Crippen MR) is 115 cm³/mol. The van der Waals surface area contributed by atoms with Gasteiger partial charge in [-0.2, -0.15) is 9.97 Å². The third-order valence-electron chi connectivity index (χ3n) is 4.86. The highest BCUT2D eigenvalue weighted by Crippen LogP contribution is 2.26. The van der Waals surface area contributed by atoms with Gasteiger partial charge in [0.1, 0.15) is 28.8 Å². The molecule has 158 valence electrons. The van der Waals surface area contributed by atoms with E-state index in [1.54, 1.807) is 6.20 Å². The predicted octanol–water partition coefficient (Wildman–Crippen LogP) is 3.29. The molecule has 0 saturated carbocycles. The molecule has 0 aliphatic carbocycles. The maximum absolute atomic E-state index is 13.7. The number of pyridine rings is 1. The molecular formula is C21H20FN7O2. The number of anilines is 5. The number of aromatic hydroxyl groups is 1. The Balaban J connectivity index is 1.48. The Hall–Kier alpha value is -3.92. The van der Waals surface area contributed by atoms with Crippen LogP contribution in [0.15, 0.2) is 55.0 Å². The van der Waals surface area contributed by atoms with Gasteiger partial charge in [0.05, 0.1) is 13.2 Å². The summed E-state index contributed by atoms with van der Waals surface area (Å²) in [4.78, 5) is 15.5. The molecule has 1 aromatic carbocycles. The summed E-state index contributed by atoms with van der Waals surface area (Å²) in [5.41, 5.74) is 1.97. The Morgan fingerprint density at radius 2 is 1.84 bits per heavy atom. The number of hydrogen-bond donors (Lipinski definition) is 3. The average Bonchev–Trinajstić information content (AvgIpc) is 3.21. The Morgan fingerprint density at radius 1 is 0.968 bits per heavy atom. The minimum atomic E-state index is -0.557. The lowest BCUT2D eigenvalue weighted by Crippen LogP contribution is -2.36. The highest BCUT2D eigenvalue weighted by molar-refractivity contribution is 5.66. The first-order valence-corrected chi connectivity index (χ1v) is 9.80. The SMILES string of the molecule is Oc1cc(F)cc(Nc2nc(Nc3ccn4ccnc4c3)cc(N3CCOCC3)n2)c1. The Morgan fingerprint density at radius 3 is 2.68 bits per heavy atom. The summed E-state index contributed by atoms with van der Waals surface area (Å²) in [6.07, 6.45) is 5.51. The van der Waals surface area contributed by atoms with Crippen LogP contribution in [0.25, 0.3) is 5.65 Å². The van der Waals surface area contributed by atoms with Crippen molar-refractivity contribution in [2.45, 2.75) is 0 Å². The van der Waals surface area contributed by atoms with Crippen molar-refractivity contribution >= 4 is 34.6 Å². The minimum Gasteiger partial charge on any atom is -0.508 e. The molecule has 0 unspecified atom stereocenters. The van der Waals surface area contributed by atoms with Crippen LogP contribution in [0.3, 0.4) is 0 Å². The topological polar surface area (TPSA) is 99.8 Å². The molecule has 31 heavy (non-hydrogen) atoms. The molecule has 0 atom stereocenters. The van der Waals surface area contributed by atoms with Gasteiger partial charge in [0.15, 0.2) is 0 Å². The first kappa shape index (κ1) is 19.1. The lowest BCUT2D eigenvalue weighted by Gasteiger charge is -2.28. The molecule has 4 aromatic rings. The van der Waals surface area contributed by atoms with Crippen LogP contribution in [0.2, 0.25) is 0 Å². The van der Waals surface area contributed by atoms with Gasteiger partial charge in [0.25, 0.3) is 0 Å². The third kappa shape index (κ3) is 4.33. The number of hydrogen-bond acceptors (Lipinski definition) is 8. The van der Waals surface area contributed by atoms with Crippen molar-refractivity contribution in [2.75, 3.05) is 41.8 Å². The standard InChI is InChI=1S/C21H20FN7O2/c22-14-9-16(11-17(30)10-14)25-21-26-18(13-20(27-21)29-5-7-31-8-6-29)24-15-1-3-28-4-2-23-19(28)12-15/h1-4,9-13,30H,5-8H2,(H2,24,25,26,27). The lowest BCUT2D eigenvalue weighted by atomic mass is 10.3. The molecule has 1 saturated heterocycles. The van der Waals surface area contributed by atoms with Crippen LogP contribution in [-0.2, 0) is 4.74 Å². The van der Waals surface area contributed by atoms with Gasteiger partial charge in [0.2, 0.25) is 5.95 Å². The van der Waals surface area contributed by atoms with Crippen molar-refractivity contribution in [1.82, 2.24) is 19.4 Å². The number of fused-ring (bicyclic) bond motifs is 1. The number of nitrogens with one attached hydrogen (secondary N) is 2. The van der Waals surface area contributed by atoms with Gasteiger partial charge in [-0.3, -0.25) is 0 Å². The van der Waals surface area contributed by atoms with Gasteiger partial charge in [-0.15, -0.1) is 0 Å². The molecule has 0 bridgehead atoms. The van der Waals surface area contributed by atoms with Gasteiger partial charge < -0.3 is 29.8 Å². The van der Waals surface area contributed by atoms with E-state index in [2.05, 4.69) is 30.5 Å². The molecule has 0 amide bonds. The van der Waals surface area contributed by atoms with Crippen LogP contribution in [0.4, 0.5) is 33.3 Å². The number of phenols is 1. The Kier molecular flexibility index (Phi) is 4.97. The molecule has 4 heterocycles. The van der Waals surface area contributed by atoms with Gasteiger partial charge in [0, 0.05) is 67.3 Å². The molecule has 1 aliphatic rings. The third-order valence-corrected chi connectivity index (χ3v) is 4.86. The molecule has 9 nitrogen and oxygen atoms in total. The maximum Gasteiger partial charge on any atom is 0.231 e. The Labute approximate surface area is 177 Å². The average molecular weight is 421 g/mol. The fourth-order valence-corrected chi connectivity index (χ4v) is 3.42. The smallest absolute Gasteiger partial charge is 0.231 e. The molecule has 5 rings (SSSR count). The van der Waals surface area contributed by atoms with E-state index in [9.17, 15) is 9.50 Å². The summed E-state index contributed by atoms with van der Waals surface area (Å²) in [6, 6.07) is 9.40. The molecule has 0 radical (unpaired) electrons. The summed E-state index contributed by atoms with van der Waals surface area (Å²) in [7, 11) is 0. The van der Waals surface area contributed by atoms with E-state index in [1.165, 1.54) is 12.1 Å². The summed E-state index contributed by atoms with van der Waals surface area (Å²) in [5, 5.41) is 16.0. The van der Waals surface area contributed by atoms with Gasteiger partial charge in [-0.25, -0.2) is 9.37 Å². The largest absolute Gasteiger partial charge is 0.508 e. The summed E-state index contributed by atoms with van der Waals surface area (Å²) in [6.45, 7) is 2.64. The van der Waals surface area contributed by atoms with E-state index in [0.29, 0.717) is 43.6 Å². The zero-order chi connectivity index (χ0) is 21.2. The van der Waals surface area contributed by atoms with E-state index < -0.39 is 5.82 Å². The fraction of sp³-hybridized carbons (Fsp3) is 0.190. The quantitative estimate of drug-likeness (QED) is 0.451. The highest BCUT2D eigenvalue weighted by Gasteiger charge is 2.16. The molecule has 3 aromatic heterocycles. The second kappa shape index (κ2) is 8.07. The maximum atomic E-state index is 13.7. The van der Waals surface area contributed by atoms with Gasteiger partial charge >= 0.3 is 0 Å². The van der Waals surface area contributed by atoms with Crippen molar-refractivity contribution in [3.05, 3.63) is 60.8 Å². The van der Waals surface area contributed by atoms with E-state index in [-0.39, 0.29) is 11.7 Å². The fourth-order valence-electron chi connectivity index (χ4n) is 3.42. The summed E-state index contributed by atoms with van der Waals surface area (Å²) in [5.74, 6) is 0.816. The van der Waals surface area contributed by atoms with Crippen molar-refractivity contribution in [3.8, 4) is 5.75 Å². The van der Waals surface area contributed by atoms with Crippen LogP contribution in [0, 0.1) is 5.82 Å². The Bertz CT molecular complexity index is 1200. The van der Waals surface area contributed by atoms with E-state index >= 15 is 0 Å². The summed E-state index contributed by atoms with van der Waals surface area (Å²) < 4.78 is 21.0. The zero-order valence-corrected chi connectivity index (χ0v) is 16.5. The van der Waals surface area contributed by atoms with Crippen molar-refractivity contribution in [1.29, 1.82) is 0 Å². The van der Waals surface area contributed by atoms with Crippen LogP contribution in [0.5, 0.6) is 5.75 Å². The van der Waals surface area contributed by atoms with Gasteiger partial charge in [-0.1, -0.05) is 0 Å². The van der Waals surface area contributed by atoms with Gasteiger partial charge in [-0.05, 0) is 12.1 Å². The lowest BCUT2D eigenvalue weighted by molar-refractivity contribution is 0.122. The number of halogens is 1. The molecule has 1 fully saturated rings.